The van der Waals surface area contributed by atoms with Crippen LogP contribution in [-0.4, -0.2) is 31.1 Å². The number of carbonyl (C=O) groups is 2. The molecule has 4 rings (SSSR count). The monoisotopic (exact) mass is 392 g/mol. The average Bonchev–Trinajstić information content (AvgIpc) is 2.66. The summed E-state index contributed by atoms with van der Waals surface area (Å²) in [5.41, 5.74) is 4.90. The summed E-state index contributed by atoms with van der Waals surface area (Å²) in [6.45, 7) is 2.91. The van der Waals surface area contributed by atoms with Crippen LogP contribution in [0, 0.1) is 0 Å². The number of alkyl halides is 3. The smallest absolute Gasteiger partial charge is 0.430 e. The summed E-state index contributed by atoms with van der Waals surface area (Å²) in [5, 5.41) is 11.8. The van der Waals surface area contributed by atoms with Gasteiger partial charge < -0.3 is 20.1 Å². The van der Waals surface area contributed by atoms with Crippen molar-refractivity contribution in [2.45, 2.75) is 25.2 Å². The molecule has 28 heavy (non-hydrogen) atoms. The van der Waals surface area contributed by atoms with E-state index in [1.807, 2.05) is 12.1 Å². The second kappa shape index (κ2) is 8.02. The summed E-state index contributed by atoms with van der Waals surface area (Å²) < 4.78 is 31.5. The molecule has 1 amide bonds. The van der Waals surface area contributed by atoms with Gasteiger partial charge in [-0.3, -0.25) is 4.79 Å². The van der Waals surface area contributed by atoms with Gasteiger partial charge in [0.15, 0.2) is 0 Å². The van der Waals surface area contributed by atoms with Crippen LogP contribution in [0.3, 0.4) is 0 Å². The van der Waals surface area contributed by atoms with Crippen LogP contribution in [0.2, 0.25) is 0 Å². The minimum absolute atomic E-state index is 0.0871. The Morgan fingerprint density at radius 3 is 2.46 bits per heavy atom. The number of carboxylic acid groups (broad SMARTS) is 1. The molecule has 2 aliphatic rings. The fourth-order valence-electron chi connectivity index (χ4n) is 3.72. The van der Waals surface area contributed by atoms with Crippen molar-refractivity contribution >= 4 is 11.9 Å². The van der Waals surface area contributed by atoms with Crippen LogP contribution in [0.1, 0.15) is 33.1 Å². The van der Waals surface area contributed by atoms with Gasteiger partial charge in [-0.15, -0.1) is 0 Å². The Morgan fingerprint density at radius 2 is 1.82 bits per heavy atom. The third-order valence-electron chi connectivity index (χ3n) is 4.97. The van der Waals surface area contributed by atoms with Crippen molar-refractivity contribution in [3.8, 4) is 0 Å². The number of halogens is 3. The highest BCUT2D eigenvalue weighted by Crippen LogP contribution is 2.27. The Hall–Kier alpha value is -2.87. The van der Waals surface area contributed by atoms with Crippen LogP contribution in [0.4, 0.5) is 13.2 Å². The van der Waals surface area contributed by atoms with Gasteiger partial charge in [-0.1, -0.05) is 42.5 Å². The SMILES string of the molecule is O=C([O-])C(F)(F)F.O=C1NCC2c3c(cccc31)CC[NH+]2Cc1ccccc1. The lowest BCUT2D eigenvalue weighted by Gasteiger charge is -2.38. The molecule has 0 saturated heterocycles. The quantitative estimate of drug-likeness (QED) is 0.778. The molecule has 2 aromatic carbocycles. The van der Waals surface area contributed by atoms with Crippen molar-refractivity contribution in [2.24, 2.45) is 0 Å². The molecule has 2 N–H and O–H groups in total. The van der Waals surface area contributed by atoms with E-state index in [1.165, 1.54) is 16.7 Å². The molecule has 148 valence electrons. The molecule has 2 heterocycles. The Balaban J connectivity index is 0.000000279. The molecule has 0 fully saturated rings. The maximum Gasteiger partial charge on any atom is 0.430 e. The van der Waals surface area contributed by atoms with E-state index in [0.717, 1.165) is 31.6 Å². The van der Waals surface area contributed by atoms with Crippen molar-refractivity contribution in [1.29, 1.82) is 0 Å². The topological polar surface area (TPSA) is 73.7 Å². The lowest BCUT2D eigenvalue weighted by Crippen LogP contribution is -3.13. The van der Waals surface area contributed by atoms with E-state index in [1.54, 1.807) is 4.90 Å². The summed E-state index contributed by atoms with van der Waals surface area (Å²) in [7, 11) is 0. The third kappa shape index (κ3) is 4.33. The summed E-state index contributed by atoms with van der Waals surface area (Å²) in [4.78, 5) is 22.4. The first-order valence-corrected chi connectivity index (χ1v) is 8.84. The minimum Gasteiger partial charge on any atom is -0.542 e. The van der Waals surface area contributed by atoms with E-state index >= 15 is 0 Å². The fourth-order valence-corrected chi connectivity index (χ4v) is 3.72. The maximum absolute atomic E-state index is 12.1. The summed E-state index contributed by atoms with van der Waals surface area (Å²) in [5.74, 6) is -2.92. The van der Waals surface area contributed by atoms with Crippen LogP contribution < -0.4 is 15.3 Å². The first-order valence-electron chi connectivity index (χ1n) is 8.84. The van der Waals surface area contributed by atoms with Crippen molar-refractivity contribution in [3.63, 3.8) is 0 Å². The predicted molar refractivity (Wildman–Crippen MR) is 92.3 cm³/mol. The molecule has 0 spiro atoms. The van der Waals surface area contributed by atoms with Gasteiger partial charge >= 0.3 is 6.18 Å². The van der Waals surface area contributed by atoms with Gasteiger partial charge in [0.25, 0.3) is 5.91 Å². The number of aliphatic carboxylic acids is 1. The zero-order valence-electron chi connectivity index (χ0n) is 14.9. The van der Waals surface area contributed by atoms with Crippen LogP contribution in [0.25, 0.3) is 0 Å². The molecule has 2 aliphatic heterocycles. The zero-order chi connectivity index (χ0) is 20.3. The van der Waals surface area contributed by atoms with E-state index in [4.69, 9.17) is 9.90 Å². The number of hydrogen-bond acceptors (Lipinski definition) is 3. The number of carbonyl (C=O) groups excluding carboxylic acids is 2. The standard InChI is InChI=1S/C18H18N2O.C2HF3O2/c21-18-15-8-4-7-14-9-10-20(16(11-19-18)17(14)15)12-13-5-2-1-3-6-13;3-2(4,5)1(6)7/h1-8,16H,9-12H2,(H,19,21);(H,6,7). The lowest BCUT2D eigenvalue weighted by atomic mass is 9.85. The van der Waals surface area contributed by atoms with Crippen LogP contribution in [0.15, 0.2) is 48.5 Å². The second-order valence-corrected chi connectivity index (χ2v) is 6.75. The van der Waals surface area contributed by atoms with Crippen molar-refractivity contribution in [2.75, 3.05) is 13.1 Å². The highest BCUT2D eigenvalue weighted by molar-refractivity contribution is 5.97. The third-order valence-corrected chi connectivity index (χ3v) is 4.97. The molecule has 5 nitrogen and oxygen atoms in total. The van der Waals surface area contributed by atoms with E-state index in [9.17, 15) is 18.0 Å². The van der Waals surface area contributed by atoms with Crippen LogP contribution in [0.5, 0.6) is 0 Å². The first kappa shape index (κ1) is 19.9. The molecule has 0 radical (unpaired) electrons. The van der Waals surface area contributed by atoms with Gasteiger partial charge in [-0.2, -0.15) is 13.2 Å². The van der Waals surface area contributed by atoms with Gasteiger partial charge in [0, 0.05) is 23.1 Å². The number of nitrogens with one attached hydrogen (secondary N) is 2. The first-order chi connectivity index (χ1) is 13.3. The second-order valence-electron chi connectivity index (χ2n) is 6.75. The van der Waals surface area contributed by atoms with E-state index in [-0.39, 0.29) is 5.91 Å². The average molecular weight is 392 g/mol. The van der Waals surface area contributed by atoms with Crippen molar-refractivity contribution in [1.82, 2.24) is 5.32 Å². The molecule has 2 unspecified atom stereocenters. The predicted octanol–water partition coefficient (Wildman–Crippen LogP) is 0.411. The Bertz CT molecular complexity index is 869. The Kier molecular flexibility index (Phi) is 5.69. The Labute approximate surface area is 159 Å². The molecular formula is C20H19F3N2O3. The number of benzene rings is 2. The van der Waals surface area contributed by atoms with Crippen LogP contribution in [-0.2, 0) is 17.8 Å². The number of rotatable bonds is 2. The number of carboxylic acids is 1. The molecule has 0 saturated carbocycles. The minimum atomic E-state index is -5.19. The van der Waals surface area contributed by atoms with Gasteiger partial charge in [0.05, 0.1) is 13.1 Å². The van der Waals surface area contributed by atoms with Gasteiger partial charge in [0.1, 0.15) is 18.6 Å². The molecular weight excluding hydrogens is 373 g/mol. The summed E-state index contributed by atoms with van der Waals surface area (Å²) in [6, 6.07) is 17.2. The van der Waals surface area contributed by atoms with Crippen molar-refractivity contribution < 1.29 is 32.8 Å². The molecule has 8 heteroatoms. The van der Waals surface area contributed by atoms with Gasteiger partial charge in [-0.25, -0.2) is 0 Å². The molecule has 0 aliphatic carbocycles. The molecule has 0 bridgehead atoms. The largest absolute Gasteiger partial charge is 0.542 e. The van der Waals surface area contributed by atoms with Crippen LogP contribution >= 0.6 is 0 Å². The highest BCUT2D eigenvalue weighted by Gasteiger charge is 2.37. The maximum atomic E-state index is 12.1. The lowest BCUT2D eigenvalue weighted by molar-refractivity contribution is -0.946. The van der Waals surface area contributed by atoms with E-state index < -0.39 is 12.1 Å². The molecule has 2 aromatic rings. The highest BCUT2D eigenvalue weighted by atomic mass is 19.4. The number of quaternary nitrogens is 1. The summed E-state index contributed by atoms with van der Waals surface area (Å²) >= 11 is 0. The zero-order valence-corrected chi connectivity index (χ0v) is 14.9. The fraction of sp³-hybridized carbons (Fsp3) is 0.300. The van der Waals surface area contributed by atoms with Gasteiger partial charge in [-0.05, 0) is 11.6 Å². The molecule has 2 atom stereocenters. The molecule has 0 aromatic heterocycles. The van der Waals surface area contributed by atoms with E-state index in [2.05, 4.69) is 41.7 Å². The number of amides is 1. The Morgan fingerprint density at radius 1 is 1.14 bits per heavy atom. The van der Waals surface area contributed by atoms with E-state index in [0.29, 0.717) is 6.04 Å². The summed E-state index contributed by atoms with van der Waals surface area (Å²) in [6.07, 6.45) is -4.13. The number of hydrogen-bond donors (Lipinski definition) is 2. The van der Waals surface area contributed by atoms with Gasteiger partial charge in [0.2, 0.25) is 0 Å². The normalized spacial score (nSPS) is 20.3. The van der Waals surface area contributed by atoms with Crippen molar-refractivity contribution in [3.05, 3.63) is 70.8 Å².